The van der Waals surface area contributed by atoms with E-state index in [1.54, 1.807) is 24.8 Å². The predicted octanol–water partition coefficient (Wildman–Crippen LogP) is 2.90. The maximum Gasteiger partial charge on any atom is 0.410 e. The second-order valence-electron chi connectivity index (χ2n) is 5.95. The van der Waals surface area contributed by atoms with Crippen molar-refractivity contribution in [1.29, 1.82) is 0 Å². The van der Waals surface area contributed by atoms with E-state index in [-0.39, 0.29) is 18.1 Å². The Hall–Kier alpha value is -1.52. The zero-order valence-corrected chi connectivity index (χ0v) is 13.1. The van der Waals surface area contributed by atoms with Crippen LogP contribution in [0.4, 0.5) is 4.79 Å². The summed E-state index contributed by atoms with van der Waals surface area (Å²) < 4.78 is 10.3. The topological polar surface area (TPSA) is 55.8 Å². The molecule has 114 valence electrons. The van der Waals surface area contributed by atoms with Gasteiger partial charge in [-0.2, -0.15) is 0 Å². The molecular weight excluding hydrogens is 258 g/mol. The molecule has 1 rings (SSSR count). The molecule has 5 heteroatoms. The Morgan fingerprint density at radius 3 is 2.55 bits per heavy atom. The fraction of sp³-hybridized carbons (Fsp3) is 0.733. The molecule has 1 aliphatic heterocycles. The molecule has 20 heavy (non-hydrogen) atoms. The Morgan fingerprint density at radius 2 is 2.00 bits per heavy atom. The summed E-state index contributed by atoms with van der Waals surface area (Å²) in [5.41, 5.74) is 0.0247. The number of carbonyl (C=O) groups excluding carboxylic acids is 2. The lowest BCUT2D eigenvalue weighted by molar-refractivity contribution is -0.138. The number of ether oxygens (including phenoxy) is 2. The van der Waals surface area contributed by atoms with E-state index in [1.807, 2.05) is 20.8 Å². The van der Waals surface area contributed by atoms with Crippen LogP contribution in [0, 0.1) is 0 Å². The third-order valence-corrected chi connectivity index (χ3v) is 2.97. The molecule has 0 aliphatic carbocycles. The van der Waals surface area contributed by atoms with Gasteiger partial charge in [-0.05, 0) is 47.5 Å². The summed E-state index contributed by atoms with van der Waals surface area (Å²) in [6.45, 7) is 10.0. The molecule has 0 N–H and O–H groups in total. The van der Waals surface area contributed by atoms with Crippen molar-refractivity contribution in [2.24, 2.45) is 0 Å². The van der Waals surface area contributed by atoms with Gasteiger partial charge in [0.15, 0.2) is 0 Å². The van der Waals surface area contributed by atoms with Gasteiger partial charge in [0.2, 0.25) is 0 Å². The van der Waals surface area contributed by atoms with E-state index >= 15 is 0 Å². The van der Waals surface area contributed by atoms with Crippen LogP contribution in [-0.4, -0.2) is 41.8 Å². The molecule has 1 atom stereocenters. The first-order valence-electron chi connectivity index (χ1n) is 7.09. The normalized spacial score (nSPS) is 19.9. The molecule has 0 saturated carbocycles. The number of amides is 1. The Morgan fingerprint density at radius 1 is 1.35 bits per heavy atom. The lowest BCUT2D eigenvalue weighted by Crippen LogP contribution is -2.39. The fourth-order valence-corrected chi connectivity index (χ4v) is 2.11. The Balaban J connectivity index is 2.72. The lowest BCUT2D eigenvalue weighted by Gasteiger charge is -2.27. The third-order valence-electron chi connectivity index (χ3n) is 2.97. The second kappa shape index (κ2) is 6.77. The lowest BCUT2D eigenvalue weighted by atomic mass is 10.1. The van der Waals surface area contributed by atoms with Gasteiger partial charge in [-0.1, -0.05) is 6.08 Å². The molecule has 1 heterocycles. The molecule has 1 aliphatic rings. The van der Waals surface area contributed by atoms with E-state index < -0.39 is 5.60 Å². The highest BCUT2D eigenvalue weighted by molar-refractivity contribution is 5.88. The van der Waals surface area contributed by atoms with Gasteiger partial charge in [0.05, 0.1) is 12.6 Å². The molecule has 0 bridgehead atoms. The van der Waals surface area contributed by atoms with Crippen molar-refractivity contribution in [1.82, 2.24) is 4.90 Å². The molecule has 1 saturated heterocycles. The van der Waals surface area contributed by atoms with E-state index in [0.29, 0.717) is 18.7 Å². The number of hydrogen-bond donors (Lipinski definition) is 0. The van der Waals surface area contributed by atoms with Crippen LogP contribution in [0.3, 0.4) is 0 Å². The first-order valence-corrected chi connectivity index (χ1v) is 7.09. The minimum Gasteiger partial charge on any atom is -0.463 e. The molecule has 0 aromatic heterocycles. The van der Waals surface area contributed by atoms with Crippen molar-refractivity contribution in [2.75, 3.05) is 13.2 Å². The predicted molar refractivity (Wildman–Crippen MR) is 76.4 cm³/mol. The van der Waals surface area contributed by atoms with Crippen molar-refractivity contribution in [3.8, 4) is 0 Å². The first kappa shape index (κ1) is 16.5. The number of rotatable bonds is 3. The third kappa shape index (κ3) is 4.87. The highest BCUT2D eigenvalue weighted by Crippen LogP contribution is 2.22. The largest absolute Gasteiger partial charge is 0.463 e. The standard InChI is InChI=1S/C15H25NO4/c1-6-19-13(17)11(2)10-12-8-7-9-16(12)14(18)20-15(3,4)5/h10,12H,6-9H2,1-5H3/b11-10+/t12-/m0/s1. The Bertz CT molecular complexity index is 395. The summed E-state index contributed by atoms with van der Waals surface area (Å²) in [6.07, 6.45) is 3.23. The van der Waals surface area contributed by atoms with Crippen molar-refractivity contribution in [2.45, 2.75) is 59.1 Å². The minimum atomic E-state index is -0.510. The molecule has 0 radical (unpaired) electrons. The highest BCUT2D eigenvalue weighted by Gasteiger charge is 2.31. The molecule has 0 unspecified atom stereocenters. The monoisotopic (exact) mass is 283 g/mol. The SMILES string of the molecule is CCOC(=O)/C(C)=C/[C@@H]1CCCN1C(=O)OC(C)(C)C. The van der Waals surface area contributed by atoms with Gasteiger partial charge in [0.1, 0.15) is 5.60 Å². The van der Waals surface area contributed by atoms with E-state index in [1.165, 1.54) is 0 Å². The molecule has 1 amide bonds. The molecule has 0 spiro atoms. The fourth-order valence-electron chi connectivity index (χ4n) is 2.11. The number of esters is 1. The summed E-state index contributed by atoms with van der Waals surface area (Å²) in [5, 5.41) is 0. The number of hydrogen-bond acceptors (Lipinski definition) is 4. The average molecular weight is 283 g/mol. The van der Waals surface area contributed by atoms with Crippen LogP contribution in [0.1, 0.15) is 47.5 Å². The van der Waals surface area contributed by atoms with Gasteiger partial charge in [-0.3, -0.25) is 0 Å². The van der Waals surface area contributed by atoms with Crippen LogP contribution in [0.2, 0.25) is 0 Å². The van der Waals surface area contributed by atoms with Crippen molar-refractivity contribution >= 4 is 12.1 Å². The van der Waals surface area contributed by atoms with E-state index in [9.17, 15) is 9.59 Å². The van der Waals surface area contributed by atoms with Gasteiger partial charge in [0.25, 0.3) is 0 Å². The highest BCUT2D eigenvalue weighted by atomic mass is 16.6. The van der Waals surface area contributed by atoms with Gasteiger partial charge in [0, 0.05) is 12.1 Å². The van der Waals surface area contributed by atoms with Gasteiger partial charge < -0.3 is 14.4 Å². The number of likely N-dealkylation sites (tertiary alicyclic amines) is 1. The summed E-state index contributed by atoms with van der Waals surface area (Å²) in [7, 11) is 0. The average Bonchev–Trinajstić information content (AvgIpc) is 2.75. The van der Waals surface area contributed by atoms with E-state index in [0.717, 1.165) is 12.8 Å². The van der Waals surface area contributed by atoms with Crippen LogP contribution >= 0.6 is 0 Å². The number of nitrogens with zero attached hydrogens (tertiary/aromatic N) is 1. The van der Waals surface area contributed by atoms with Crippen molar-refractivity contribution in [3.63, 3.8) is 0 Å². The van der Waals surface area contributed by atoms with Crippen LogP contribution < -0.4 is 0 Å². The summed E-state index contributed by atoms with van der Waals surface area (Å²) in [4.78, 5) is 25.4. The van der Waals surface area contributed by atoms with E-state index in [2.05, 4.69) is 0 Å². The molecule has 5 nitrogen and oxygen atoms in total. The number of carbonyl (C=O) groups is 2. The summed E-state index contributed by atoms with van der Waals surface area (Å²) in [5.74, 6) is -0.330. The van der Waals surface area contributed by atoms with Gasteiger partial charge in [-0.15, -0.1) is 0 Å². The zero-order valence-electron chi connectivity index (χ0n) is 13.1. The first-order chi connectivity index (χ1) is 9.24. The van der Waals surface area contributed by atoms with Crippen LogP contribution in [0.15, 0.2) is 11.6 Å². The molecule has 0 aromatic carbocycles. The molecule has 1 fully saturated rings. The zero-order chi connectivity index (χ0) is 15.3. The van der Waals surface area contributed by atoms with Crippen LogP contribution in [-0.2, 0) is 14.3 Å². The molecule has 0 aromatic rings. The maximum absolute atomic E-state index is 12.1. The Labute approximate surface area is 120 Å². The second-order valence-corrected chi connectivity index (χ2v) is 5.95. The quantitative estimate of drug-likeness (QED) is 0.590. The summed E-state index contributed by atoms with van der Waals surface area (Å²) in [6, 6.07) is -0.0887. The maximum atomic E-state index is 12.1. The van der Waals surface area contributed by atoms with Gasteiger partial charge in [-0.25, -0.2) is 9.59 Å². The minimum absolute atomic E-state index is 0.0887. The van der Waals surface area contributed by atoms with Crippen molar-refractivity contribution in [3.05, 3.63) is 11.6 Å². The van der Waals surface area contributed by atoms with E-state index in [4.69, 9.17) is 9.47 Å². The smallest absolute Gasteiger partial charge is 0.410 e. The molecular formula is C15H25NO4. The van der Waals surface area contributed by atoms with Crippen molar-refractivity contribution < 1.29 is 19.1 Å². The van der Waals surface area contributed by atoms with Gasteiger partial charge >= 0.3 is 12.1 Å². The van der Waals surface area contributed by atoms with Crippen LogP contribution in [0.25, 0.3) is 0 Å². The van der Waals surface area contributed by atoms with Crippen LogP contribution in [0.5, 0.6) is 0 Å². The summed E-state index contributed by atoms with van der Waals surface area (Å²) >= 11 is 0. The Kier molecular flexibility index (Phi) is 5.60.